The third-order valence-corrected chi connectivity index (χ3v) is 5.50. The fourth-order valence-electron chi connectivity index (χ4n) is 2.82. The van der Waals surface area contributed by atoms with Gasteiger partial charge in [-0.2, -0.15) is 5.26 Å². The maximum absolute atomic E-state index is 12.3. The van der Waals surface area contributed by atoms with E-state index in [2.05, 4.69) is 4.72 Å². The Morgan fingerprint density at radius 3 is 2.67 bits per heavy atom. The van der Waals surface area contributed by atoms with Gasteiger partial charge in [0.05, 0.1) is 10.5 Å². The summed E-state index contributed by atoms with van der Waals surface area (Å²) in [7, 11) is -3.65. The van der Waals surface area contributed by atoms with Gasteiger partial charge in [-0.15, -0.1) is 0 Å². The van der Waals surface area contributed by atoms with Crippen molar-refractivity contribution in [1.29, 1.82) is 5.26 Å². The number of hydrogen-bond donors (Lipinski definition) is 2. The molecular weight excluding hydrogens is 286 g/mol. The number of benzene rings is 1. The Morgan fingerprint density at radius 2 is 2.00 bits per heavy atom. The summed E-state index contributed by atoms with van der Waals surface area (Å²) < 4.78 is 27.1. The third-order valence-electron chi connectivity index (χ3n) is 3.98. The predicted molar refractivity (Wildman–Crippen MR) is 81.9 cm³/mol. The highest BCUT2D eigenvalue weighted by atomic mass is 32.2. The van der Waals surface area contributed by atoms with E-state index in [1.165, 1.54) is 50.3 Å². The molecule has 0 amide bonds. The van der Waals surface area contributed by atoms with Gasteiger partial charge in [0.25, 0.3) is 0 Å². The molecule has 1 aliphatic rings. The first kappa shape index (κ1) is 15.8. The van der Waals surface area contributed by atoms with Crippen molar-refractivity contribution in [2.45, 2.75) is 43.4 Å². The average Bonchev–Trinajstić information content (AvgIpc) is 2.47. The molecule has 114 valence electrons. The first-order valence-electron chi connectivity index (χ1n) is 7.32. The van der Waals surface area contributed by atoms with E-state index < -0.39 is 10.0 Å². The lowest BCUT2D eigenvalue weighted by atomic mass is 9.87. The molecule has 0 atom stereocenters. The van der Waals surface area contributed by atoms with Crippen LogP contribution in [0, 0.1) is 17.2 Å². The summed E-state index contributed by atoms with van der Waals surface area (Å²) in [6, 6.07) is 6.15. The predicted octanol–water partition coefficient (Wildman–Crippen LogP) is 2.39. The molecule has 1 aliphatic carbocycles. The van der Waals surface area contributed by atoms with Crippen LogP contribution in [-0.2, 0) is 10.0 Å². The zero-order valence-electron chi connectivity index (χ0n) is 12.0. The van der Waals surface area contributed by atoms with Crippen molar-refractivity contribution in [3.63, 3.8) is 0 Å². The fourth-order valence-corrected chi connectivity index (χ4v) is 4.00. The van der Waals surface area contributed by atoms with Gasteiger partial charge in [-0.05, 0) is 30.5 Å². The van der Waals surface area contributed by atoms with Crippen LogP contribution in [-0.4, -0.2) is 15.0 Å². The van der Waals surface area contributed by atoms with Gasteiger partial charge in [-0.3, -0.25) is 0 Å². The number of rotatable bonds is 5. The van der Waals surface area contributed by atoms with Crippen LogP contribution in [0.4, 0.5) is 5.69 Å². The Kier molecular flexibility index (Phi) is 5.21. The molecule has 1 aromatic carbocycles. The molecule has 6 heteroatoms. The lowest BCUT2D eigenvalue weighted by molar-refractivity contribution is 0.339. The van der Waals surface area contributed by atoms with Crippen molar-refractivity contribution in [2.24, 2.45) is 5.92 Å². The van der Waals surface area contributed by atoms with Crippen LogP contribution in [0.25, 0.3) is 0 Å². The summed E-state index contributed by atoms with van der Waals surface area (Å²) in [6.45, 7) is 0.419. The number of sulfonamides is 1. The Hall–Kier alpha value is -1.58. The number of anilines is 1. The molecule has 21 heavy (non-hydrogen) atoms. The van der Waals surface area contributed by atoms with E-state index in [1.54, 1.807) is 0 Å². The van der Waals surface area contributed by atoms with E-state index in [9.17, 15) is 8.42 Å². The van der Waals surface area contributed by atoms with Crippen LogP contribution in [0.2, 0.25) is 0 Å². The van der Waals surface area contributed by atoms with Crippen LogP contribution in [0.5, 0.6) is 0 Å². The molecule has 1 aromatic rings. The zero-order chi connectivity index (χ0) is 15.3. The molecule has 5 nitrogen and oxygen atoms in total. The number of nitrogens with one attached hydrogen (secondary N) is 1. The van der Waals surface area contributed by atoms with Gasteiger partial charge >= 0.3 is 0 Å². The smallest absolute Gasteiger partial charge is 0.241 e. The number of nitrogen functional groups attached to an aromatic ring is 1. The quantitative estimate of drug-likeness (QED) is 0.816. The maximum Gasteiger partial charge on any atom is 0.241 e. The number of nitrogens with zero attached hydrogens (tertiary/aromatic N) is 1. The van der Waals surface area contributed by atoms with Gasteiger partial charge in [0.2, 0.25) is 10.0 Å². The fraction of sp³-hybridized carbons (Fsp3) is 0.533. The van der Waals surface area contributed by atoms with E-state index in [-0.39, 0.29) is 10.5 Å². The van der Waals surface area contributed by atoms with Crippen LogP contribution >= 0.6 is 0 Å². The van der Waals surface area contributed by atoms with E-state index in [1.807, 2.05) is 6.07 Å². The summed E-state index contributed by atoms with van der Waals surface area (Å²) in [5.74, 6) is 0.614. The number of nitriles is 1. The van der Waals surface area contributed by atoms with Crippen molar-refractivity contribution in [3.8, 4) is 6.07 Å². The van der Waals surface area contributed by atoms with Crippen molar-refractivity contribution in [2.75, 3.05) is 12.3 Å². The van der Waals surface area contributed by atoms with Gasteiger partial charge in [-0.25, -0.2) is 13.1 Å². The molecule has 3 N–H and O–H groups in total. The Balaban J connectivity index is 2.00. The SMILES string of the molecule is N#Cc1cc(N)ccc1S(=O)(=O)NCCC1CCCCC1. The standard InChI is InChI=1S/C15H21N3O2S/c16-11-13-10-14(17)6-7-15(13)21(19,20)18-9-8-12-4-2-1-3-5-12/h6-7,10,12,18H,1-5,8-9,17H2. The molecular formula is C15H21N3O2S. The molecule has 1 saturated carbocycles. The molecule has 2 rings (SSSR count). The largest absolute Gasteiger partial charge is 0.399 e. The Bertz CT molecular complexity index is 629. The van der Waals surface area contributed by atoms with E-state index in [4.69, 9.17) is 11.0 Å². The van der Waals surface area contributed by atoms with Crippen molar-refractivity contribution in [1.82, 2.24) is 4.72 Å². The molecule has 0 bridgehead atoms. The highest BCUT2D eigenvalue weighted by molar-refractivity contribution is 7.89. The number of hydrogen-bond acceptors (Lipinski definition) is 4. The van der Waals surface area contributed by atoms with Gasteiger partial charge < -0.3 is 5.73 Å². The second-order valence-electron chi connectivity index (χ2n) is 5.56. The third kappa shape index (κ3) is 4.19. The van der Waals surface area contributed by atoms with Crippen molar-refractivity contribution < 1.29 is 8.42 Å². The minimum Gasteiger partial charge on any atom is -0.399 e. The summed E-state index contributed by atoms with van der Waals surface area (Å²) in [5.41, 5.74) is 6.04. The number of nitrogens with two attached hydrogens (primary N) is 1. The van der Waals surface area contributed by atoms with E-state index >= 15 is 0 Å². The van der Waals surface area contributed by atoms with Gasteiger partial charge in [0.1, 0.15) is 6.07 Å². The molecule has 0 saturated heterocycles. The zero-order valence-corrected chi connectivity index (χ0v) is 12.8. The summed E-state index contributed by atoms with van der Waals surface area (Å²) in [5, 5.41) is 9.04. The van der Waals surface area contributed by atoms with Gasteiger partial charge in [0, 0.05) is 12.2 Å². The molecule has 0 aliphatic heterocycles. The maximum atomic E-state index is 12.3. The van der Waals surface area contributed by atoms with Crippen LogP contribution in [0.3, 0.4) is 0 Å². The van der Waals surface area contributed by atoms with Gasteiger partial charge in [0.15, 0.2) is 0 Å². The van der Waals surface area contributed by atoms with Crippen molar-refractivity contribution in [3.05, 3.63) is 23.8 Å². The molecule has 0 radical (unpaired) electrons. The normalized spacial score (nSPS) is 16.5. The summed E-state index contributed by atoms with van der Waals surface area (Å²) in [4.78, 5) is 0.00263. The Morgan fingerprint density at radius 1 is 1.29 bits per heavy atom. The molecule has 0 unspecified atom stereocenters. The lowest BCUT2D eigenvalue weighted by Gasteiger charge is -2.21. The minimum absolute atomic E-state index is 0.00263. The highest BCUT2D eigenvalue weighted by Crippen LogP contribution is 2.26. The summed E-state index contributed by atoms with van der Waals surface area (Å²) in [6.07, 6.45) is 7.01. The average molecular weight is 307 g/mol. The van der Waals surface area contributed by atoms with Crippen LogP contribution in [0.1, 0.15) is 44.1 Å². The summed E-state index contributed by atoms with van der Waals surface area (Å²) >= 11 is 0. The molecule has 0 aromatic heterocycles. The van der Waals surface area contributed by atoms with E-state index in [0.29, 0.717) is 18.2 Å². The van der Waals surface area contributed by atoms with Crippen molar-refractivity contribution >= 4 is 15.7 Å². The topological polar surface area (TPSA) is 96.0 Å². The molecule has 1 fully saturated rings. The Labute approximate surface area is 126 Å². The monoisotopic (exact) mass is 307 g/mol. The molecule has 0 heterocycles. The second-order valence-corrected chi connectivity index (χ2v) is 7.29. The van der Waals surface area contributed by atoms with Crippen LogP contribution in [0.15, 0.2) is 23.1 Å². The second kappa shape index (κ2) is 6.92. The molecule has 0 spiro atoms. The van der Waals surface area contributed by atoms with Crippen LogP contribution < -0.4 is 10.5 Å². The first-order chi connectivity index (χ1) is 10.0. The van der Waals surface area contributed by atoms with E-state index in [0.717, 1.165) is 6.42 Å². The lowest BCUT2D eigenvalue weighted by Crippen LogP contribution is -2.27. The van der Waals surface area contributed by atoms with Gasteiger partial charge in [-0.1, -0.05) is 32.1 Å². The first-order valence-corrected chi connectivity index (χ1v) is 8.80. The minimum atomic E-state index is -3.65. The highest BCUT2D eigenvalue weighted by Gasteiger charge is 2.19.